The van der Waals surface area contributed by atoms with Crippen molar-refractivity contribution in [3.63, 3.8) is 0 Å². The molecule has 2 N–H and O–H groups in total. The molecule has 2 heterocycles. The fourth-order valence-electron chi connectivity index (χ4n) is 0.932. The Kier molecular flexibility index (Phi) is 2.84. The van der Waals surface area contributed by atoms with Crippen molar-refractivity contribution in [3.05, 3.63) is 20.3 Å². The largest absolute Gasteiger partial charge is 0.366 e. The van der Waals surface area contributed by atoms with Gasteiger partial charge in [-0.3, -0.25) is 0 Å². The molecule has 0 radical (unpaired) electrons. The van der Waals surface area contributed by atoms with E-state index in [9.17, 15) is 0 Å². The first-order valence-electron chi connectivity index (χ1n) is 3.61. The first-order valence-corrected chi connectivity index (χ1v) is 5.97. The van der Waals surface area contributed by atoms with E-state index in [-0.39, 0.29) is 5.95 Å². The molecule has 2 rings (SSSR count). The van der Waals surface area contributed by atoms with Crippen LogP contribution in [0.25, 0.3) is 0 Å². The third kappa shape index (κ3) is 1.96. The first kappa shape index (κ1) is 10.1. The van der Waals surface area contributed by atoms with Crippen molar-refractivity contribution in [1.82, 2.24) is 19.1 Å². The molecule has 5 nitrogen and oxygen atoms in total. The van der Waals surface area contributed by atoms with Crippen LogP contribution in [0.1, 0.15) is 4.88 Å². The highest BCUT2D eigenvalue weighted by Crippen LogP contribution is 2.22. The standard InChI is InChI=1S/C6H5Br2N5S/c7-3-1-10-14-4(3)2-13-5(8)11-6(9)12-13/h1H,2H2,(H2,9,12). The van der Waals surface area contributed by atoms with Gasteiger partial charge >= 0.3 is 0 Å². The monoisotopic (exact) mass is 337 g/mol. The van der Waals surface area contributed by atoms with Crippen molar-refractivity contribution >= 4 is 49.3 Å². The SMILES string of the molecule is Nc1nc(Br)n(Cc2sncc2Br)n1. The smallest absolute Gasteiger partial charge is 0.240 e. The van der Waals surface area contributed by atoms with Gasteiger partial charge < -0.3 is 5.73 Å². The minimum absolute atomic E-state index is 0.262. The normalized spacial score (nSPS) is 10.7. The van der Waals surface area contributed by atoms with Crippen molar-refractivity contribution < 1.29 is 0 Å². The van der Waals surface area contributed by atoms with Crippen LogP contribution in [-0.2, 0) is 6.54 Å². The summed E-state index contributed by atoms with van der Waals surface area (Å²) in [4.78, 5) is 5.02. The average molecular weight is 339 g/mol. The van der Waals surface area contributed by atoms with Crippen LogP contribution in [0.15, 0.2) is 15.4 Å². The summed E-state index contributed by atoms with van der Waals surface area (Å²) in [5.41, 5.74) is 5.45. The van der Waals surface area contributed by atoms with Gasteiger partial charge in [0.25, 0.3) is 0 Å². The Bertz CT molecular complexity index is 451. The Morgan fingerprint density at radius 2 is 2.29 bits per heavy atom. The van der Waals surface area contributed by atoms with Gasteiger partial charge in [-0.1, -0.05) is 0 Å². The van der Waals surface area contributed by atoms with E-state index in [0.29, 0.717) is 11.3 Å². The molecule has 0 amide bonds. The lowest BCUT2D eigenvalue weighted by Gasteiger charge is -1.98. The number of nitrogens with zero attached hydrogens (tertiary/aromatic N) is 4. The van der Waals surface area contributed by atoms with Crippen LogP contribution in [0.5, 0.6) is 0 Å². The van der Waals surface area contributed by atoms with E-state index in [2.05, 4.69) is 46.3 Å². The fourth-order valence-corrected chi connectivity index (χ4v) is 2.50. The number of rotatable bonds is 2. The second-order valence-electron chi connectivity index (χ2n) is 2.49. The Morgan fingerprint density at radius 3 is 2.79 bits per heavy atom. The number of aromatic nitrogens is 4. The summed E-state index contributed by atoms with van der Waals surface area (Å²) in [6.45, 7) is 0.607. The van der Waals surface area contributed by atoms with Crippen LogP contribution >= 0.6 is 43.4 Å². The Balaban J connectivity index is 2.27. The first-order chi connectivity index (χ1) is 6.66. The highest BCUT2D eigenvalue weighted by atomic mass is 79.9. The molecule has 14 heavy (non-hydrogen) atoms. The number of anilines is 1. The number of nitrogen functional groups attached to an aromatic ring is 1. The summed E-state index contributed by atoms with van der Waals surface area (Å²) in [5.74, 6) is 0.262. The lowest BCUT2D eigenvalue weighted by atomic mass is 10.5. The van der Waals surface area contributed by atoms with Gasteiger partial charge in [0.1, 0.15) is 0 Å². The predicted octanol–water partition coefficient (Wildman–Crippen LogP) is 1.89. The molecule has 2 aromatic rings. The van der Waals surface area contributed by atoms with E-state index >= 15 is 0 Å². The molecule has 0 saturated carbocycles. The summed E-state index contributed by atoms with van der Waals surface area (Å²) in [7, 11) is 0. The zero-order chi connectivity index (χ0) is 10.1. The molecule has 0 aliphatic rings. The topological polar surface area (TPSA) is 69.6 Å². The van der Waals surface area contributed by atoms with E-state index in [4.69, 9.17) is 5.73 Å². The fraction of sp³-hybridized carbons (Fsp3) is 0.167. The van der Waals surface area contributed by atoms with Crippen LogP contribution < -0.4 is 5.73 Å². The molecule has 74 valence electrons. The highest BCUT2D eigenvalue weighted by Gasteiger charge is 2.08. The maximum Gasteiger partial charge on any atom is 0.240 e. The summed E-state index contributed by atoms with van der Waals surface area (Å²) in [6, 6.07) is 0. The van der Waals surface area contributed by atoms with Gasteiger partial charge in [-0.25, -0.2) is 4.68 Å². The van der Waals surface area contributed by atoms with E-state index in [0.717, 1.165) is 9.35 Å². The zero-order valence-corrected chi connectivity index (χ0v) is 10.8. The van der Waals surface area contributed by atoms with Gasteiger partial charge in [0.2, 0.25) is 5.95 Å². The molecule has 0 aromatic carbocycles. The molecule has 0 atom stereocenters. The molecular formula is C6H5Br2N5S. The van der Waals surface area contributed by atoms with Crippen LogP contribution in [0, 0.1) is 0 Å². The number of hydrogen-bond acceptors (Lipinski definition) is 5. The van der Waals surface area contributed by atoms with Crippen LogP contribution in [0.3, 0.4) is 0 Å². The van der Waals surface area contributed by atoms with E-state index in [1.165, 1.54) is 11.5 Å². The number of halogens is 2. The van der Waals surface area contributed by atoms with E-state index in [1.807, 2.05) is 0 Å². The quantitative estimate of drug-likeness (QED) is 0.907. The van der Waals surface area contributed by atoms with Gasteiger partial charge in [0, 0.05) is 0 Å². The lowest BCUT2D eigenvalue weighted by molar-refractivity contribution is 0.676. The van der Waals surface area contributed by atoms with E-state index < -0.39 is 0 Å². The van der Waals surface area contributed by atoms with Crippen LogP contribution in [0.4, 0.5) is 5.95 Å². The van der Waals surface area contributed by atoms with Crippen molar-refractivity contribution in [3.8, 4) is 0 Å². The zero-order valence-electron chi connectivity index (χ0n) is 6.81. The molecule has 8 heteroatoms. The number of nitrogens with two attached hydrogens (primary N) is 1. The summed E-state index contributed by atoms with van der Waals surface area (Å²) in [5, 5.41) is 4.02. The molecule has 0 fully saturated rings. The molecule has 0 unspecified atom stereocenters. The third-order valence-corrected chi connectivity index (χ3v) is 3.84. The van der Waals surface area contributed by atoms with Crippen molar-refractivity contribution in [2.75, 3.05) is 5.73 Å². The minimum Gasteiger partial charge on any atom is -0.366 e. The number of hydrogen-bond donors (Lipinski definition) is 1. The Morgan fingerprint density at radius 1 is 1.50 bits per heavy atom. The molecule has 0 spiro atoms. The second-order valence-corrected chi connectivity index (χ2v) is 4.94. The molecule has 0 aliphatic heterocycles. The van der Waals surface area contributed by atoms with Crippen LogP contribution in [-0.4, -0.2) is 19.1 Å². The van der Waals surface area contributed by atoms with Gasteiger partial charge in [-0.05, 0) is 43.4 Å². The third-order valence-electron chi connectivity index (χ3n) is 1.53. The van der Waals surface area contributed by atoms with Gasteiger partial charge in [-0.2, -0.15) is 9.36 Å². The minimum atomic E-state index is 0.262. The molecule has 0 bridgehead atoms. The van der Waals surface area contributed by atoms with Gasteiger partial charge in [0.05, 0.1) is 22.1 Å². The average Bonchev–Trinajstić information content (AvgIpc) is 2.62. The lowest BCUT2D eigenvalue weighted by Crippen LogP contribution is -2.01. The summed E-state index contributed by atoms with van der Waals surface area (Å²) < 4.78 is 7.31. The van der Waals surface area contributed by atoms with Crippen molar-refractivity contribution in [2.24, 2.45) is 0 Å². The summed E-state index contributed by atoms with van der Waals surface area (Å²) >= 11 is 8.08. The van der Waals surface area contributed by atoms with Crippen LogP contribution in [0.2, 0.25) is 0 Å². The van der Waals surface area contributed by atoms with E-state index in [1.54, 1.807) is 10.9 Å². The Hall–Kier alpha value is -0.470. The second kappa shape index (κ2) is 3.95. The highest BCUT2D eigenvalue weighted by molar-refractivity contribution is 9.10. The maximum absolute atomic E-state index is 5.45. The Labute approximate surface area is 101 Å². The maximum atomic E-state index is 5.45. The molecular weight excluding hydrogens is 334 g/mol. The molecule has 0 saturated heterocycles. The predicted molar refractivity (Wildman–Crippen MR) is 61.1 cm³/mol. The van der Waals surface area contributed by atoms with Gasteiger partial charge in [0.15, 0.2) is 4.73 Å². The van der Waals surface area contributed by atoms with Gasteiger partial charge in [-0.15, -0.1) is 5.10 Å². The van der Waals surface area contributed by atoms with Crippen molar-refractivity contribution in [2.45, 2.75) is 6.54 Å². The molecule has 2 aromatic heterocycles. The van der Waals surface area contributed by atoms with Crippen molar-refractivity contribution in [1.29, 1.82) is 0 Å². The summed E-state index contributed by atoms with van der Waals surface area (Å²) in [6.07, 6.45) is 1.76. The molecule has 0 aliphatic carbocycles.